The number of methoxy groups -OCH3 is 1. The van der Waals surface area contributed by atoms with Crippen molar-refractivity contribution < 1.29 is 9.47 Å². The van der Waals surface area contributed by atoms with Gasteiger partial charge in [0, 0.05) is 32.1 Å². The molecule has 0 bridgehead atoms. The molecule has 0 spiro atoms. The Balaban J connectivity index is 2.44. The van der Waals surface area contributed by atoms with Crippen molar-refractivity contribution in [1.29, 1.82) is 0 Å². The number of anilines is 1. The molecule has 0 radical (unpaired) electrons. The van der Waals surface area contributed by atoms with Gasteiger partial charge in [-0.1, -0.05) is 0 Å². The predicted octanol–water partition coefficient (Wildman–Crippen LogP) is 1.52. The number of nitrogens with one attached hydrogen (secondary N) is 1. The van der Waals surface area contributed by atoms with Crippen molar-refractivity contribution in [2.45, 2.75) is 13.5 Å². The van der Waals surface area contributed by atoms with Crippen LogP contribution in [0, 0.1) is 0 Å². The summed E-state index contributed by atoms with van der Waals surface area (Å²) in [4.78, 5) is 17.2. The van der Waals surface area contributed by atoms with Crippen LogP contribution in [-0.2, 0) is 11.3 Å². The lowest BCUT2D eigenvalue weighted by Crippen LogP contribution is -2.05. The van der Waals surface area contributed by atoms with Gasteiger partial charge in [0.1, 0.15) is 18.1 Å². The van der Waals surface area contributed by atoms with Gasteiger partial charge in [-0.2, -0.15) is 0 Å². The minimum atomic E-state index is 0.349. The standard InChI is InChI=1S/C13H17N5O2/c1-4-20-8-11-17-9(7-10(14-2)18-11)12-13(19-3)16-6-5-15-12/h5-7H,4,8H2,1-3H3,(H,14,17,18). The molecule has 7 heteroatoms. The molecule has 2 rings (SSSR count). The molecule has 0 aromatic carbocycles. The quantitative estimate of drug-likeness (QED) is 0.855. The maximum atomic E-state index is 5.35. The molecule has 0 aliphatic carbocycles. The van der Waals surface area contributed by atoms with Crippen molar-refractivity contribution in [2.75, 3.05) is 26.1 Å². The fraction of sp³-hybridized carbons (Fsp3) is 0.385. The molecule has 0 amide bonds. The SMILES string of the molecule is CCOCc1nc(NC)cc(-c2nccnc2OC)n1. The Morgan fingerprint density at radius 2 is 2.00 bits per heavy atom. The van der Waals surface area contributed by atoms with Crippen LogP contribution in [-0.4, -0.2) is 40.7 Å². The summed E-state index contributed by atoms with van der Waals surface area (Å²) in [6.07, 6.45) is 3.17. The Hall–Kier alpha value is -2.28. The highest BCUT2D eigenvalue weighted by Gasteiger charge is 2.13. The van der Waals surface area contributed by atoms with E-state index in [2.05, 4.69) is 25.3 Å². The molecular formula is C13H17N5O2. The monoisotopic (exact) mass is 275 g/mol. The molecule has 2 aromatic rings. The van der Waals surface area contributed by atoms with E-state index < -0.39 is 0 Å². The average molecular weight is 275 g/mol. The second-order valence-corrected chi connectivity index (χ2v) is 3.86. The molecule has 106 valence electrons. The number of hydrogen-bond acceptors (Lipinski definition) is 7. The van der Waals surface area contributed by atoms with E-state index in [1.807, 2.05) is 6.92 Å². The number of aromatic nitrogens is 4. The third-order valence-corrected chi connectivity index (χ3v) is 2.56. The lowest BCUT2D eigenvalue weighted by Gasteiger charge is -2.09. The van der Waals surface area contributed by atoms with Gasteiger partial charge in [-0.05, 0) is 6.92 Å². The second kappa shape index (κ2) is 6.76. The summed E-state index contributed by atoms with van der Waals surface area (Å²) >= 11 is 0. The van der Waals surface area contributed by atoms with E-state index in [1.54, 1.807) is 32.6 Å². The molecule has 20 heavy (non-hydrogen) atoms. The molecule has 0 fully saturated rings. The Morgan fingerprint density at radius 1 is 1.20 bits per heavy atom. The Bertz CT molecular complexity index is 576. The number of nitrogens with zero attached hydrogens (tertiary/aromatic N) is 4. The second-order valence-electron chi connectivity index (χ2n) is 3.86. The topological polar surface area (TPSA) is 82.0 Å². The third-order valence-electron chi connectivity index (χ3n) is 2.56. The van der Waals surface area contributed by atoms with Gasteiger partial charge in [-0.3, -0.25) is 0 Å². The normalized spacial score (nSPS) is 10.3. The van der Waals surface area contributed by atoms with Gasteiger partial charge in [-0.25, -0.2) is 19.9 Å². The summed E-state index contributed by atoms with van der Waals surface area (Å²) in [5, 5.41) is 3.00. The number of hydrogen-bond donors (Lipinski definition) is 1. The van der Waals surface area contributed by atoms with Crippen LogP contribution in [0.3, 0.4) is 0 Å². The predicted molar refractivity (Wildman–Crippen MR) is 74.5 cm³/mol. The molecule has 0 aliphatic heterocycles. The molecule has 0 aliphatic rings. The number of ether oxygens (including phenoxy) is 2. The number of rotatable bonds is 6. The van der Waals surface area contributed by atoms with Crippen molar-refractivity contribution in [1.82, 2.24) is 19.9 Å². The van der Waals surface area contributed by atoms with Gasteiger partial charge in [0.25, 0.3) is 0 Å². The van der Waals surface area contributed by atoms with Crippen LogP contribution in [0.1, 0.15) is 12.7 Å². The first kappa shape index (κ1) is 14.1. The van der Waals surface area contributed by atoms with Crippen LogP contribution < -0.4 is 10.1 Å². The lowest BCUT2D eigenvalue weighted by molar-refractivity contribution is 0.128. The lowest BCUT2D eigenvalue weighted by atomic mass is 10.3. The van der Waals surface area contributed by atoms with E-state index >= 15 is 0 Å². The Morgan fingerprint density at radius 3 is 2.70 bits per heavy atom. The first-order valence-corrected chi connectivity index (χ1v) is 6.27. The average Bonchev–Trinajstić information content (AvgIpc) is 2.52. The van der Waals surface area contributed by atoms with Crippen LogP contribution in [0.5, 0.6) is 5.88 Å². The van der Waals surface area contributed by atoms with Gasteiger partial charge in [0.2, 0.25) is 5.88 Å². The largest absolute Gasteiger partial charge is 0.479 e. The summed E-state index contributed by atoms with van der Waals surface area (Å²) < 4.78 is 10.6. The molecular weight excluding hydrogens is 258 g/mol. The molecule has 2 aromatic heterocycles. The zero-order valence-corrected chi connectivity index (χ0v) is 11.8. The van der Waals surface area contributed by atoms with Gasteiger partial charge < -0.3 is 14.8 Å². The van der Waals surface area contributed by atoms with E-state index in [4.69, 9.17) is 9.47 Å². The van der Waals surface area contributed by atoms with E-state index in [-0.39, 0.29) is 0 Å². The summed E-state index contributed by atoms with van der Waals surface area (Å²) in [5.74, 6) is 1.70. The maximum absolute atomic E-state index is 5.35. The molecule has 2 heterocycles. The summed E-state index contributed by atoms with van der Waals surface area (Å²) in [7, 11) is 3.35. The molecule has 0 saturated heterocycles. The zero-order chi connectivity index (χ0) is 14.4. The fourth-order valence-corrected chi connectivity index (χ4v) is 1.65. The van der Waals surface area contributed by atoms with Crippen molar-refractivity contribution >= 4 is 5.82 Å². The first-order chi connectivity index (χ1) is 9.78. The minimum Gasteiger partial charge on any atom is -0.479 e. The van der Waals surface area contributed by atoms with Crippen LogP contribution in [0.4, 0.5) is 5.82 Å². The van der Waals surface area contributed by atoms with Crippen molar-refractivity contribution in [3.05, 3.63) is 24.3 Å². The molecule has 1 N–H and O–H groups in total. The van der Waals surface area contributed by atoms with Crippen LogP contribution in [0.2, 0.25) is 0 Å². The van der Waals surface area contributed by atoms with Crippen LogP contribution >= 0.6 is 0 Å². The third kappa shape index (κ3) is 3.18. The van der Waals surface area contributed by atoms with Crippen molar-refractivity contribution in [3.63, 3.8) is 0 Å². The Labute approximate surface area is 117 Å². The van der Waals surface area contributed by atoms with Crippen molar-refractivity contribution in [2.24, 2.45) is 0 Å². The molecule has 7 nitrogen and oxygen atoms in total. The van der Waals surface area contributed by atoms with E-state index in [1.165, 1.54) is 0 Å². The highest BCUT2D eigenvalue weighted by Crippen LogP contribution is 2.25. The van der Waals surface area contributed by atoms with Crippen LogP contribution in [0.25, 0.3) is 11.4 Å². The van der Waals surface area contributed by atoms with E-state index in [9.17, 15) is 0 Å². The summed E-state index contributed by atoms with van der Waals surface area (Å²) in [6.45, 7) is 2.88. The van der Waals surface area contributed by atoms with Gasteiger partial charge in [-0.15, -0.1) is 0 Å². The maximum Gasteiger partial charge on any atom is 0.241 e. The minimum absolute atomic E-state index is 0.349. The molecule has 0 atom stereocenters. The molecule has 0 saturated carbocycles. The Kier molecular flexibility index (Phi) is 4.78. The highest BCUT2D eigenvalue weighted by atomic mass is 16.5. The fourth-order valence-electron chi connectivity index (χ4n) is 1.65. The van der Waals surface area contributed by atoms with Crippen LogP contribution in [0.15, 0.2) is 18.5 Å². The van der Waals surface area contributed by atoms with E-state index in [0.717, 1.165) is 0 Å². The van der Waals surface area contributed by atoms with Gasteiger partial charge in [0.15, 0.2) is 11.5 Å². The molecule has 0 unspecified atom stereocenters. The van der Waals surface area contributed by atoms with Gasteiger partial charge >= 0.3 is 0 Å². The summed E-state index contributed by atoms with van der Waals surface area (Å²) in [5.41, 5.74) is 1.22. The zero-order valence-electron chi connectivity index (χ0n) is 11.8. The highest BCUT2D eigenvalue weighted by molar-refractivity contribution is 5.63. The first-order valence-electron chi connectivity index (χ1n) is 6.27. The summed E-state index contributed by atoms with van der Waals surface area (Å²) in [6, 6.07) is 1.79. The van der Waals surface area contributed by atoms with Gasteiger partial charge in [0.05, 0.1) is 7.11 Å². The van der Waals surface area contributed by atoms with E-state index in [0.29, 0.717) is 42.1 Å². The van der Waals surface area contributed by atoms with Crippen molar-refractivity contribution in [3.8, 4) is 17.3 Å². The smallest absolute Gasteiger partial charge is 0.241 e.